The first-order valence-electron chi connectivity index (χ1n) is 7.30. The minimum absolute atomic E-state index is 0.105. The number of benzene rings is 2. The maximum atomic E-state index is 12.5. The van der Waals surface area contributed by atoms with Crippen LogP contribution in [0.15, 0.2) is 67.6 Å². The Hall–Kier alpha value is -1.88. The molecule has 0 atom stereocenters. The molecular formula is C15H15N3O4S3. The second-order valence-electron chi connectivity index (χ2n) is 5.07. The van der Waals surface area contributed by atoms with Gasteiger partial charge in [0.05, 0.1) is 4.90 Å². The maximum Gasteiger partial charge on any atom is 0.285 e. The van der Waals surface area contributed by atoms with Crippen LogP contribution in [-0.4, -0.2) is 28.5 Å². The summed E-state index contributed by atoms with van der Waals surface area (Å²) in [5.74, 6) is 0. The quantitative estimate of drug-likeness (QED) is 0.820. The van der Waals surface area contributed by atoms with Gasteiger partial charge in [0.2, 0.25) is 10.0 Å². The zero-order valence-corrected chi connectivity index (χ0v) is 15.6. The summed E-state index contributed by atoms with van der Waals surface area (Å²) in [5.41, 5.74) is 0.707. The van der Waals surface area contributed by atoms with Gasteiger partial charge < -0.3 is 5.32 Å². The molecule has 0 unspecified atom stereocenters. The van der Waals surface area contributed by atoms with Crippen molar-refractivity contribution in [3.05, 3.63) is 48.5 Å². The molecule has 10 heteroatoms. The molecule has 2 N–H and O–H groups in total. The van der Waals surface area contributed by atoms with Crippen LogP contribution in [0.25, 0.3) is 0 Å². The Morgan fingerprint density at radius 1 is 1.12 bits per heavy atom. The number of anilines is 1. The second-order valence-corrected chi connectivity index (χ2v) is 9.44. The molecule has 2 aromatic carbocycles. The average molecular weight is 398 g/mol. The summed E-state index contributed by atoms with van der Waals surface area (Å²) in [6.07, 6.45) is 0. The predicted molar refractivity (Wildman–Crippen MR) is 97.8 cm³/mol. The molecule has 0 saturated carbocycles. The van der Waals surface area contributed by atoms with Crippen molar-refractivity contribution in [2.45, 2.75) is 21.6 Å². The molecule has 0 saturated heterocycles. The van der Waals surface area contributed by atoms with Gasteiger partial charge in [0, 0.05) is 17.1 Å². The third-order valence-electron chi connectivity index (χ3n) is 3.27. The molecule has 1 heterocycles. The Morgan fingerprint density at radius 2 is 1.84 bits per heavy atom. The van der Waals surface area contributed by atoms with Crippen molar-refractivity contribution in [2.75, 3.05) is 11.9 Å². The number of nitrogens with zero attached hydrogens (tertiary/aromatic N) is 1. The lowest BCUT2D eigenvalue weighted by Gasteiger charge is -2.17. The van der Waals surface area contributed by atoms with Crippen LogP contribution in [-0.2, 0) is 20.0 Å². The minimum Gasteiger partial charge on any atom is -0.334 e. The number of rotatable bonds is 4. The number of para-hydroxylation sites is 1. The highest BCUT2D eigenvalue weighted by Gasteiger charge is 2.28. The van der Waals surface area contributed by atoms with Crippen LogP contribution in [0.2, 0.25) is 0 Å². The summed E-state index contributed by atoms with van der Waals surface area (Å²) < 4.78 is 55.1. The molecule has 0 spiro atoms. The maximum absolute atomic E-state index is 12.5. The van der Waals surface area contributed by atoms with E-state index in [2.05, 4.69) is 14.4 Å². The first-order chi connectivity index (χ1) is 11.8. The van der Waals surface area contributed by atoms with Crippen molar-refractivity contribution >= 4 is 42.7 Å². The van der Waals surface area contributed by atoms with Gasteiger partial charge in [-0.25, -0.2) is 13.1 Å². The summed E-state index contributed by atoms with van der Waals surface area (Å²) in [7, 11) is -7.74. The number of sulfonamides is 2. The molecule has 7 nitrogen and oxygen atoms in total. The average Bonchev–Trinajstić information content (AvgIpc) is 2.55. The lowest BCUT2D eigenvalue weighted by molar-refractivity contribution is 0.583. The molecule has 0 bridgehead atoms. The van der Waals surface area contributed by atoms with Crippen molar-refractivity contribution < 1.29 is 16.8 Å². The van der Waals surface area contributed by atoms with E-state index in [1.165, 1.54) is 12.1 Å². The summed E-state index contributed by atoms with van der Waals surface area (Å²) in [5, 5.41) is 3.15. The van der Waals surface area contributed by atoms with E-state index >= 15 is 0 Å². The fourth-order valence-electron chi connectivity index (χ4n) is 2.19. The largest absolute Gasteiger partial charge is 0.334 e. The molecule has 0 fully saturated rings. The van der Waals surface area contributed by atoms with Crippen molar-refractivity contribution in [1.82, 2.24) is 4.72 Å². The highest BCUT2D eigenvalue weighted by molar-refractivity contribution is 8.15. The highest BCUT2D eigenvalue weighted by atomic mass is 32.2. The standard InChI is InChI=1S/C15H15N3O4S3/c1-2-16-24(19,20)12-8-9-13-14(10-12)25(21,22)18-15(23-13)17-11-6-4-3-5-7-11/h3-10,16H,2H2,1H3,(H,17,18). The lowest BCUT2D eigenvalue weighted by Crippen LogP contribution is -2.24. The molecule has 0 aliphatic carbocycles. The normalized spacial score (nSPS) is 16.0. The smallest absolute Gasteiger partial charge is 0.285 e. The van der Waals surface area contributed by atoms with E-state index in [-0.39, 0.29) is 21.5 Å². The number of amidine groups is 1. The Bertz CT molecular complexity index is 1030. The third-order valence-corrected chi connectivity index (χ3v) is 7.34. The van der Waals surface area contributed by atoms with E-state index in [4.69, 9.17) is 0 Å². The topological polar surface area (TPSA) is 105 Å². The van der Waals surface area contributed by atoms with Gasteiger partial charge in [-0.15, -0.1) is 4.40 Å². The molecule has 0 aromatic heterocycles. The van der Waals surface area contributed by atoms with Crippen molar-refractivity contribution in [1.29, 1.82) is 0 Å². The van der Waals surface area contributed by atoms with Gasteiger partial charge in [-0.1, -0.05) is 25.1 Å². The number of thioether (sulfide) groups is 1. The first-order valence-corrected chi connectivity index (χ1v) is 11.0. The number of nitrogens with one attached hydrogen (secondary N) is 2. The van der Waals surface area contributed by atoms with Gasteiger partial charge in [0.1, 0.15) is 4.90 Å². The molecule has 2 aromatic rings. The Kier molecular flexibility index (Phi) is 4.87. The molecule has 25 heavy (non-hydrogen) atoms. The molecule has 1 aliphatic heterocycles. The summed E-state index contributed by atoms with van der Waals surface area (Å²) >= 11 is 1.13. The van der Waals surface area contributed by atoms with Gasteiger partial charge in [-0.2, -0.15) is 8.42 Å². The van der Waals surface area contributed by atoms with Crippen LogP contribution in [0.1, 0.15) is 6.92 Å². The first kappa shape index (κ1) is 17.9. The van der Waals surface area contributed by atoms with E-state index in [9.17, 15) is 16.8 Å². The SMILES string of the molecule is CCNS(=O)(=O)c1ccc2c(c1)S(=O)(=O)N=C(Nc1ccccc1)S2. The molecule has 0 amide bonds. The number of hydrogen-bond donors (Lipinski definition) is 2. The second kappa shape index (κ2) is 6.79. The zero-order valence-electron chi connectivity index (χ0n) is 13.1. The van der Waals surface area contributed by atoms with E-state index in [0.29, 0.717) is 10.6 Å². The van der Waals surface area contributed by atoms with Crippen LogP contribution >= 0.6 is 11.8 Å². The van der Waals surface area contributed by atoms with Crippen molar-refractivity contribution in [3.8, 4) is 0 Å². The molecule has 1 aliphatic rings. The van der Waals surface area contributed by atoms with E-state index in [1.807, 2.05) is 18.2 Å². The Balaban J connectivity index is 1.97. The zero-order chi connectivity index (χ0) is 18.1. The predicted octanol–water partition coefficient (Wildman–Crippen LogP) is 2.25. The minimum atomic E-state index is -4.00. The summed E-state index contributed by atoms with van der Waals surface area (Å²) in [4.78, 5) is 0.200. The molecule has 132 valence electrons. The number of fused-ring (bicyclic) bond motifs is 1. The van der Waals surface area contributed by atoms with Gasteiger partial charge in [0.25, 0.3) is 10.0 Å². The van der Waals surface area contributed by atoms with Crippen LogP contribution < -0.4 is 10.0 Å². The van der Waals surface area contributed by atoms with Crippen molar-refractivity contribution in [3.63, 3.8) is 0 Å². The fraction of sp³-hybridized carbons (Fsp3) is 0.133. The van der Waals surface area contributed by atoms with E-state index in [0.717, 1.165) is 17.8 Å². The van der Waals surface area contributed by atoms with Crippen LogP contribution in [0, 0.1) is 0 Å². The third kappa shape index (κ3) is 3.87. The fourth-order valence-corrected chi connectivity index (χ4v) is 5.85. The van der Waals surface area contributed by atoms with E-state index < -0.39 is 20.0 Å². The monoisotopic (exact) mass is 397 g/mol. The van der Waals surface area contributed by atoms with Gasteiger partial charge in [-0.05, 0) is 42.1 Å². The van der Waals surface area contributed by atoms with Gasteiger partial charge in [-0.3, -0.25) is 0 Å². The van der Waals surface area contributed by atoms with Crippen LogP contribution in [0.3, 0.4) is 0 Å². The Labute approximate surface area is 150 Å². The van der Waals surface area contributed by atoms with Crippen molar-refractivity contribution in [2.24, 2.45) is 4.40 Å². The summed E-state index contributed by atoms with van der Waals surface area (Å²) in [6.45, 7) is 1.86. The Morgan fingerprint density at radius 3 is 2.52 bits per heavy atom. The number of hydrogen-bond acceptors (Lipinski definition) is 6. The highest BCUT2D eigenvalue weighted by Crippen LogP contribution is 2.35. The van der Waals surface area contributed by atoms with Crippen LogP contribution in [0.4, 0.5) is 5.69 Å². The summed E-state index contributed by atoms with van der Waals surface area (Å²) in [6, 6.07) is 13.0. The van der Waals surface area contributed by atoms with Gasteiger partial charge in [0.15, 0.2) is 5.17 Å². The van der Waals surface area contributed by atoms with Gasteiger partial charge >= 0.3 is 0 Å². The molecule has 3 rings (SSSR count). The van der Waals surface area contributed by atoms with Crippen LogP contribution in [0.5, 0.6) is 0 Å². The molecular weight excluding hydrogens is 382 g/mol. The lowest BCUT2D eigenvalue weighted by atomic mass is 10.3. The van der Waals surface area contributed by atoms with E-state index in [1.54, 1.807) is 19.1 Å². The molecule has 0 radical (unpaired) electrons.